The van der Waals surface area contributed by atoms with Crippen LogP contribution in [0.2, 0.25) is 0 Å². The molecule has 0 aromatic heterocycles. The zero-order chi connectivity index (χ0) is 27.7. The molecule has 36 heavy (non-hydrogen) atoms. The largest absolute Gasteiger partial charge is 0.470 e. The highest BCUT2D eigenvalue weighted by atomic mass is 19.4. The van der Waals surface area contributed by atoms with E-state index in [0.29, 0.717) is 30.7 Å². The number of rotatable bonds is 5. The van der Waals surface area contributed by atoms with E-state index < -0.39 is 18.1 Å². The van der Waals surface area contributed by atoms with Crippen molar-refractivity contribution in [2.24, 2.45) is 28.4 Å². The molecule has 1 spiro atoms. The lowest BCUT2D eigenvalue weighted by Gasteiger charge is -2.37. The van der Waals surface area contributed by atoms with Crippen molar-refractivity contribution in [3.63, 3.8) is 0 Å². The Morgan fingerprint density at radius 1 is 1.25 bits per heavy atom. The molecule has 3 atom stereocenters. The minimum atomic E-state index is -4.86. The van der Waals surface area contributed by atoms with Crippen LogP contribution in [-0.4, -0.2) is 60.9 Å². The summed E-state index contributed by atoms with van der Waals surface area (Å²) in [5, 5.41) is 13.6. The average molecular weight is 518 g/mol. The highest BCUT2D eigenvalue weighted by Crippen LogP contribution is 2.53. The average Bonchev–Trinajstić information content (AvgIpc) is 3.42. The Balaban J connectivity index is 0.000000292. The first-order valence-corrected chi connectivity index (χ1v) is 12.1. The number of nitriles is 1. The van der Waals surface area contributed by atoms with E-state index in [-0.39, 0.29) is 23.2 Å². The smallest absolute Gasteiger partial charge is 0.362 e. The van der Waals surface area contributed by atoms with E-state index in [1.807, 2.05) is 6.07 Å². The van der Waals surface area contributed by atoms with Gasteiger partial charge in [0.05, 0.1) is 6.07 Å². The summed E-state index contributed by atoms with van der Waals surface area (Å²) < 4.78 is 32.1. The molecule has 3 fully saturated rings. The van der Waals surface area contributed by atoms with Crippen LogP contribution >= 0.6 is 0 Å². The number of piperidine rings is 1. The summed E-state index contributed by atoms with van der Waals surface area (Å²) in [6.45, 7) is 11.2. The second-order valence-electron chi connectivity index (χ2n) is 10.8. The highest BCUT2D eigenvalue weighted by Gasteiger charge is 2.45. The summed E-state index contributed by atoms with van der Waals surface area (Å²) in [7, 11) is 0. The van der Waals surface area contributed by atoms with Gasteiger partial charge in [0.2, 0.25) is 18.2 Å². The third kappa shape index (κ3) is 10.0. The molecule has 2 aliphatic heterocycles. The molecule has 0 bridgehead atoms. The molecule has 4 amide bonds. The van der Waals surface area contributed by atoms with E-state index in [4.69, 9.17) is 10.1 Å². The Kier molecular flexibility index (Phi) is 11.2. The first-order valence-electron chi connectivity index (χ1n) is 12.1. The zero-order valence-electron chi connectivity index (χ0n) is 21.4. The second kappa shape index (κ2) is 12.9. The topological polar surface area (TPSA) is 145 Å². The standard InChI is InChI=1S/C14H25NO.C8H11N3O2.C2H2F3NO/c1-11(13(2,3)4)12(16)15-9-7-14(5-6-14)8-10-15;9-4-7(11-5-12)3-6-1-2-10-8(6)13;3-2(4,5)1(6)7/h11H,5-10H2,1-4H3;5-7H,1-3H2,(H,10,13)(H,11,12);(H2,6,7)/t;6-,7-;/m.0./s1. The van der Waals surface area contributed by atoms with Crippen LogP contribution in [0.15, 0.2) is 0 Å². The van der Waals surface area contributed by atoms with Crippen molar-refractivity contribution < 1.29 is 32.3 Å². The Morgan fingerprint density at radius 2 is 1.78 bits per heavy atom. The van der Waals surface area contributed by atoms with Gasteiger partial charge in [0.25, 0.3) is 0 Å². The van der Waals surface area contributed by atoms with Crippen molar-refractivity contribution in [1.29, 1.82) is 5.26 Å². The van der Waals surface area contributed by atoms with Gasteiger partial charge in [0.1, 0.15) is 6.04 Å². The van der Waals surface area contributed by atoms with Crippen LogP contribution in [0, 0.1) is 34.0 Å². The van der Waals surface area contributed by atoms with Gasteiger partial charge in [-0.05, 0) is 49.4 Å². The van der Waals surface area contributed by atoms with Gasteiger partial charge in [-0.2, -0.15) is 18.4 Å². The Hall–Kier alpha value is -2.84. The summed E-state index contributed by atoms with van der Waals surface area (Å²) in [5.74, 6) is -1.90. The molecule has 1 aliphatic carbocycles. The molecular formula is C24H38F3N5O4. The second-order valence-corrected chi connectivity index (χ2v) is 10.8. The lowest BCUT2D eigenvalue weighted by Crippen LogP contribution is -2.44. The molecule has 1 unspecified atom stereocenters. The summed E-state index contributed by atoms with van der Waals surface area (Å²) >= 11 is 0. The van der Waals surface area contributed by atoms with Crippen molar-refractivity contribution >= 4 is 24.1 Å². The van der Waals surface area contributed by atoms with Crippen LogP contribution in [-0.2, 0) is 19.2 Å². The zero-order valence-corrected chi connectivity index (χ0v) is 21.4. The number of carbonyl (C=O) groups excluding carboxylic acids is 4. The summed E-state index contributed by atoms with van der Waals surface area (Å²) in [6.07, 6.45) is 2.08. The Bertz CT molecular complexity index is 821. The molecule has 4 N–H and O–H groups in total. The first kappa shape index (κ1) is 31.2. The molecule has 2 saturated heterocycles. The van der Waals surface area contributed by atoms with Gasteiger partial charge in [0.15, 0.2) is 0 Å². The van der Waals surface area contributed by atoms with Crippen LogP contribution in [0.1, 0.15) is 66.2 Å². The van der Waals surface area contributed by atoms with Gasteiger partial charge in [-0.15, -0.1) is 0 Å². The summed E-state index contributed by atoms with van der Waals surface area (Å²) in [4.78, 5) is 44.7. The number of alkyl halides is 3. The van der Waals surface area contributed by atoms with Crippen molar-refractivity contribution in [2.45, 2.75) is 78.4 Å². The van der Waals surface area contributed by atoms with Crippen LogP contribution < -0.4 is 16.4 Å². The lowest BCUT2D eigenvalue weighted by atomic mass is 9.80. The van der Waals surface area contributed by atoms with Crippen LogP contribution in [0.3, 0.4) is 0 Å². The predicted molar refractivity (Wildman–Crippen MR) is 126 cm³/mol. The van der Waals surface area contributed by atoms with Crippen molar-refractivity contribution in [2.75, 3.05) is 19.6 Å². The third-order valence-electron chi connectivity index (χ3n) is 7.15. The number of hydrogen-bond acceptors (Lipinski definition) is 5. The lowest BCUT2D eigenvalue weighted by molar-refractivity contribution is -0.169. The highest BCUT2D eigenvalue weighted by molar-refractivity contribution is 5.81. The van der Waals surface area contributed by atoms with Crippen molar-refractivity contribution in [3.8, 4) is 6.07 Å². The number of carbonyl (C=O) groups is 4. The van der Waals surface area contributed by atoms with Gasteiger partial charge < -0.3 is 21.3 Å². The minimum absolute atomic E-state index is 0.0204. The molecule has 1 saturated carbocycles. The van der Waals surface area contributed by atoms with Gasteiger partial charge >= 0.3 is 12.1 Å². The number of amides is 4. The fourth-order valence-electron chi connectivity index (χ4n) is 3.92. The fourth-order valence-corrected chi connectivity index (χ4v) is 3.92. The first-order chi connectivity index (χ1) is 16.6. The molecule has 3 rings (SSSR count). The molecule has 0 aromatic carbocycles. The Morgan fingerprint density at radius 3 is 2.11 bits per heavy atom. The number of hydrogen-bond donors (Lipinski definition) is 3. The fraction of sp³-hybridized carbons (Fsp3) is 0.792. The molecule has 12 heteroatoms. The van der Waals surface area contributed by atoms with E-state index in [2.05, 4.69) is 49.0 Å². The van der Waals surface area contributed by atoms with E-state index >= 15 is 0 Å². The molecule has 204 valence electrons. The normalized spacial score (nSPS) is 21.9. The molecular weight excluding hydrogens is 479 g/mol. The predicted octanol–water partition coefficient (Wildman–Crippen LogP) is 2.26. The molecule has 9 nitrogen and oxygen atoms in total. The van der Waals surface area contributed by atoms with Gasteiger partial charge in [-0.1, -0.05) is 27.7 Å². The molecule has 2 heterocycles. The van der Waals surface area contributed by atoms with Gasteiger partial charge in [-0.3, -0.25) is 19.2 Å². The van der Waals surface area contributed by atoms with Gasteiger partial charge in [0, 0.05) is 31.5 Å². The number of halogens is 3. The van der Waals surface area contributed by atoms with Gasteiger partial charge in [-0.25, -0.2) is 0 Å². The number of likely N-dealkylation sites (tertiary alicyclic amines) is 1. The quantitative estimate of drug-likeness (QED) is 0.479. The molecule has 3 aliphatic rings. The maximum atomic E-state index is 12.3. The van der Waals surface area contributed by atoms with Crippen LogP contribution in [0.5, 0.6) is 0 Å². The van der Waals surface area contributed by atoms with Crippen molar-refractivity contribution in [1.82, 2.24) is 15.5 Å². The van der Waals surface area contributed by atoms with E-state index in [1.165, 1.54) is 25.7 Å². The number of nitrogens with two attached hydrogens (primary N) is 1. The van der Waals surface area contributed by atoms with Crippen LogP contribution in [0.25, 0.3) is 0 Å². The monoisotopic (exact) mass is 517 g/mol. The van der Waals surface area contributed by atoms with E-state index in [0.717, 1.165) is 19.5 Å². The maximum Gasteiger partial charge on any atom is 0.470 e. The maximum absolute atomic E-state index is 12.3. The summed E-state index contributed by atoms with van der Waals surface area (Å²) in [6, 6.07) is 1.38. The van der Waals surface area contributed by atoms with Crippen LogP contribution in [0.4, 0.5) is 13.2 Å². The number of primary amides is 1. The number of nitrogens with zero attached hydrogens (tertiary/aromatic N) is 2. The third-order valence-corrected chi connectivity index (χ3v) is 7.15. The minimum Gasteiger partial charge on any atom is -0.362 e. The summed E-state index contributed by atoms with van der Waals surface area (Å²) in [5.41, 5.74) is 4.56. The number of nitrogens with one attached hydrogen (secondary N) is 2. The van der Waals surface area contributed by atoms with E-state index in [1.54, 1.807) is 0 Å². The van der Waals surface area contributed by atoms with Crippen molar-refractivity contribution in [3.05, 3.63) is 0 Å². The molecule has 0 radical (unpaired) electrons. The SMILES string of the molecule is CC(C(=O)N1CCC2(CC1)CC2)C(C)(C)C.N#C[C@H](C[C@@H]1CCNC1=O)NC=O.NC(=O)C(F)(F)F. The Labute approximate surface area is 210 Å². The van der Waals surface area contributed by atoms with E-state index in [9.17, 15) is 27.6 Å². The molecule has 0 aromatic rings.